The number of carbonyl (C=O) groups is 2. The quantitative estimate of drug-likeness (QED) is 0.743. The molecule has 9 heteroatoms. The van der Waals surface area contributed by atoms with Crippen LogP contribution in [0.5, 0.6) is 0 Å². The van der Waals surface area contributed by atoms with E-state index in [1.54, 1.807) is 6.92 Å². The van der Waals surface area contributed by atoms with E-state index in [0.717, 1.165) is 25.6 Å². The van der Waals surface area contributed by atoms with E-state index in [1.165, 1.54) is 18.2 Å². The van der Waals surface area contributed by atoms with Gasteiger partial charge in [0.25, 0.3) is 0 Å². The lowest BCUT2D eigenvalue weighted by molar-refractivity contribution is -0.137. The zero-order chi connectivity index (χ0) is 23.5. The average molecular weight is 455 g/mol. The van der Waals surface area contributed by atoms with E-state index < -0.39 is 23.7 Å². The number of nitrogens with one attached hydrogen (secondary N) is 1. The first kappa shape index (κ1) is 24.5. The van der Waals surface area contributed by atoms with Crippen molar-refractivity contribution in [1.29, 1.82) is 0 Å². The third kappa shape index (κ3) is 6.22. The summed E-state index contributed by atoms with van der Waals surface area (Å²) in [6.07, 6.45) is -3.38. The number of anilines is 1. The van der Waals surface area contributed by atoms with Gasteiger partial charge in [-0.1, -0.05) is 26.0 Å². The lowest BCUT2D eigenvalue weighted by Crippen LogP contribution is -2.55. The summed E-state index contributed by atoms with van der Waals surface area (Å²) in [4.78, 5) is 31.3. The van der Waals surface area contributed by atoms with E-state index in [9.17, 15) is 22.8 Å². The number of amides is 2. The van der Waals surface area contributed by atoms with Crippen LogP contribution < -0.4 is 5.32 Å². The molecule has 1 aromatic rings. The smallest absolute Gasteiger partial charge is 0.341 e. The normalized spacial score (nSPS) is 24.2. The van der Waals surface area contributed by atoms with E-state index in [0.29, 0.717) is 44.6 Å². The summed E-state index contributed by atoms with van der Waals surface area (Å²) in [7, 11) is 0. The van der Waals surface area contributed by atoms with Gasteiger partial charge < -0.3 is 10.2 Å². The molecule has 3 atom stereocenters. The molecule has 0 aromatic heterocycles. The molecule has 2 saturated heterocycles. The predicted octanol–water partition coefficient (Wildman–Crippen LogP) is 3.15. The predicted molar refractivity (Wildman–Crippen MR) is 117 cm³/mol. The van der Waals surface area contributed by atoms with Crippen molar-refractivity contribution in [2.45, 2.75) is 39.4 Å². The lowest BCUT2D eigenvalue weighted by atomic mass is 9.92. The van der Waals surface area contributed by atoms with E-state index in [2.05, 4.69) is 24.1 Å². The number of nitrogens with zero attached hydrogens (tertiary/aromatic N) is 3. The maximum atomic E-state index is 13.2. The molecule has 178 valence electrons. The number of carbonyl (C=O) groups excluding carboxylic acids is 2. The van der Waals surface area contributed by atoms with Crippen molar-refractivity contribution in [2.75, 3.05) is 51.1 Å². The van der Waals surface area contributed by atoms with Gasteiger partial charge in [0.15, 0.2) is 0 Å². The summed E-state index contributed by atoms with van der Waals surface area (Å²) in [5.41, 5.74) is -1.09. The first-order chi connectivity index (χ1) is 15.0. The fourth-order valence-electron chi connectivity index (χ4n) is 4.71. The number of benzene rings is 1. The van der Waals surface area contributed by atoms with Crippen LogP contribution in [0.4, 0.5) is 18.9 Å². The molecular formula is C23H33F3N4O2. The number of hydrogen-bond donors (Lipinski definition) is 1. The molecule has 2 aliphatic rings. The van der Waals surface area contributed by atoms with Crippen LogP contribution in [0.2, 0.25) is 0 Å². The topological polar surface area (TPSA) is 55.9 Å². The second kappa shape index (κ2) is 10.2. The van der Waals surface area contributed by atoms with E-state index >= 15 is 0 Å². The van der Waals surface area contributed by atoms with Gasteiger partial charge in [-0.05, 0) is 37.3 Å². The molecule has 6 nitrogen and oxygen atoms in total. The van der Waals surface area contributed by atoms with Crippen molar-refractivity contribution in [3.63, 3.8) is 0 Å². The van der Waals surface area contributed by atoms with Crippen molar-refractivity contribution in [2.24, 2.45) is 11.8 Å². The summed E-state index contributed by atoms with van der Waals surface area (Å²) >= 11 is 0. The lowest BCUT2D eigenvalue weighted by Gasteiger charge is -2.39. The van der Waals surface area contributed by atoms with Gasteiger partial charge in [0, 0.05) is 39.3 Å². The summed E-state index contributed by atoms with van der Waals surface area (Å²) < 4.78 is 39.5. The average Bonchev–Trinajstić information content (AvgIpc) is 2.72. The number of alkyl halides is 3. The maximum Gasteiger partial charge on any atom is 0.418 e. The van der Waals surface area contributed by atoms with Gasteiger partial charge in [-0.3, -0.25) is 19.4 Å². The minimum Gasteiger partial charge on any atom is -0.341 e. The van der Waals surface area contributed by atoms with Crippen molar-refractivity contribution < 1.29 is 22.8 Å². The molecule has 2 heterocycles. The number of piperazine rings is 1. The number of piperidine rings is 1. The molecule has 0 radical (unpaired) electrons. The van der Waals surface area contributed by atoms with Gasteiger partial charge in [0.1, 0.15) is 0 Å². The van der Waals surface area contributed by atoms with Crippen LogP contribution in [-0.2, 0) is 15.8 Å². The third-order valence-corrected chi connectivity index (χ3v) is 6.40. The second-order valence-corrected chi connectivity index (χ2v) is 9.27. The number of hydrogen-bond acceptors (Lipinski definition) is 4. The van der Waals surface area contributed by atoms with Crippen LogP contribution in [0.15, 0.2) is 24.3 Å². The molecular weight excluding hydrogens is 421 g/mol. The van der Waals surface area contributed by atoms with Crippen LogP contribution in [0.1, 0.15) is 32.8 Å². The molecule has 3 rings (SSSR count). The second-order valence-electron chi connectivity index (χ2n) is 9.27. The van der Waals surface area contributed by atoms with Gasteiger partial charge in [-0.25, -0.2) is 0 Å². The summed E-state index contributed by atoms with van der Waals surface area (Å²) in [6, 6.07) is 4.42. The molecule has 2 aliphatic heterocycles. The van der Waals surface area contributed by atoms with E-state index in [-0.39, 0.29) is 11.6 Å². The molecule has 3 unspecified atom stereocenters. The van der Waals surface area contributed by atoms with Gasteiger partial charge in [-0.2, -0.15) is 13.2 Å². The number of halogens is 3. The Bertz CT molecular complexity index is 799. The number of likely N-dealkylation sites (tertiary alicyclic amines) is 1. The van der Waals surface area contributed by atoms with Crippen LogP contribution in [0.25, 0.3) is 0 Å². The monoisotopic (exact) mass is 454 g/mol. The number of para-hydroxylation sites is 1. The SMILES string of the molecule is CC1CC(C)CN(C(=O)CN2CCN(C(C)C(=O)Nc3ccccc3C(F)(F)F)CC2)C1. The van der Waals surface area contributed by atoms with Gasteiger partial charge in [-0.15, -0.1) is 0 Å². The standard InChI is InChI=1S/C23H33F3N4O2/c1-16-12-17(2)14-30(13-16)21(31)15-28-8-10-29(11-9-28)18(3)22(32)27-20-7-5-4-6-19(20)23(24,25)26/h4-7,16-18H,8-15H2,1-3H3,(H,27,32). The Hall–Kier alpha value is -2.13. The minimum atomic E-state index is -4.53. The molecule has 0 bridgehead atoms. The fourth-order valence-corrected chi connectivity index (χ4v) is 4.71. The van der Waals surface area contributed by atoms with Crippen LogP contribution in [0.3, 0.4) is 0 Å². The van der Waals surface area contributed by atoms with Crippen molar-refractivity contribution >= 4 is 17.5 Å². The van der Waals surface area contributed by atoms with Crippen LogP contribution >= 0.6 is 0 Å². The van der Waals surface area contributed by atoms with Gasteiger partial charge >= 0.3 is 6.18 Å². The third-order valence-electron chi connectivity index (χ3n) is 6.40. The highest BCUT2D eigenvalue weighted by atomic mass is 19.4. The zero-order valence-corrected chi connectivity index (χ0v) is 19.0. The first-order valence-corrected chi connectivity index (χ1v) is 11.3. The summed E-state index contributed by atoms with van der Waals surface area (Å²) in [5, 5.41) is 2.43. The molecule has 32 heavy (non-hydrogen) atoms. The molecule has 2 fully saturated rings. The molecule has 0 aliphatic carbocycles. The van der Waals surface area contributed by atoms with Gasteiger partial charge in [0.05, 0.1) is 23.8 Å². The Balaban J connectivity index is 1.50. The van der Waals surface area contributed by atoms with E-state index in [4.69, 9.17) is 0 Å². The molecule has 0 saturated carbocycles. The fraction of sp³-hybridized carbons (Fsp3) is 0.652. The maximum absolute atomic E-state index is 13.2. The van der Waals surface area contributed by atoms with Crippen LogP contribution in [0, 0.1) is 11.8 Å². The minimum absolute atomic E-state index is 0.145. The van der Waals surface area contributed by atoms with Crippen molar-refractivity contribution in [3.05, 3.63) is 29.8 Å². The molecule has 1 N–H and O–H groups in total. The Morgan fingerprint density at radius 2 is 1.66 bits per heavy atom. The highest BCUT2D eigenvalue weighted by molar-refractivity contribution is 5.95. The summed E-state index contributed by atoms with van der Waals surface area (Å²) in [6.45, 7) is 10.5. The molecule has 2 amide bonds. The van der Waals surface area contributed by atoms with Gasteiger partial charge in [0.2, 0.25) is 11.8 Å². The Kier molecular flexibility index (Phi) is 7.82. The van der Waals surface area contributed by atoms with Crippen LogP contribution in [-0.4, -0.2) is 78.4 Å². The van der Waals surface area contributed by atoms with E-state index in [1.807, 2.05) is 9.80 Å². The molecule has 1 aromatic carbocycles. The zero-order valence-electron chi connectivity index (χ0n) is 19.0. The number of rotatable bonds is 5. The largest absolute Gasteiger partial charge is 0.418 e. The summed E-state index contributed by atoms with van der Waals surface area (Å²) in [5.74, 6) is 0.705. The molecule has 0 spiro atoms. The Morgan fingerprint density at radius 1 is 1.06 bits per heavy atom. The Labute approximate surface area is 187 Å². The highest BCUT2D eigenvalue weighted by Gasteiger charge is 2.35. The highest BCUT2D eigenvalue weighted by Crippen LogP contribution is 2.34. The Morgan fingerprint density at radius 3 is 2.25 bits per heavy atom. The van der Waals surface area contributed by atoms with Crippen molar-refractivity contribution in [3.8, 4) is 0 Å². The van der Waals surface area contributed by atoms with Crippen molar-refractivity contribution in [1.82, 2.24) is 14.7 Å². The first-order valence-electron chi connectivity index (χ1n) is 11.3.